The zero-order chi connectivity index (χ0) is 51.8. The van der Waals surface area contributed by atoms with Gasteiger partial charge in [-0.15, -0.1) is 0 Å². The van der Waals surface area contributed by atoms with Crippen LogP contribution in [-0.4, -0.2) is 19.5 Å². The van der Waals surface area contributed by atoms with E-state index in [2.05, 4.69) is 0 Å². The fourth-order valence-corrected chi connectivity index (χ4v) is 8.03. The number of nitrogens with zero attached hydrogens (tertiary/aromatic N) is 4. The molecule has 3 aromatic heterocycles. The van der Waals surface area contributed by atoms with E-state index in [9.17, 15) is 4.11 Å². The number of aromatic nitrogens is 4. The Kier molecular flexibility index (Phi) is 5.20. The minimum atomic E-state index is -0.537. The van der Waals surface area contributed by atoms with Crippen molar-refractivity contribution < 1.29 is 23.6 Å². The van der Waals surface area contributed by atoms with Gasteiger partial charge < -0.3 is 8.98 Å². The molecule has 12 aromatic rings. The van der Waals surface area contributed by atoms with Crippen LogP contribution in [0.25, 0.3) is 117 Å². The Morgan fingerprint density at radius 3 is 1.88 bits per heavy atom. The molecule has 60 heavy (non-hydrogen) atoms. The fraction of sp³-hybridized carbons (Fsp3) is 0. The van der Waals surface area contributed by atoms with Gasteiger partial charge in [0.05, 0.1) is 35.9 Å². The highest BCUT2D eigenvalue weighted by Crippen LogP contribution is 2.40. The van der Waals surface area contributed by atoms with E-state index < -0.39 is 60.4 Å². The Hall–Kier alpha value is -8.15. The smallest absolute Gasteiger partial charge is 0.166 e. The molecule has 0 radical (unpaired) electrons. The number of hydrogen-bond acceptors (Lipinski definition) is 4. The summed E-state index contributed by atoms with van der Waals surface area (Å²) in [5.41, 5.74) is 3.77. The maximum Gasteiger partial charge on any atom is 0.166 e. The highest BCUT2D eigenvalue weighted by Gasteiger charge is 2.21. The molecule has 0 saturated heterocycles. The maximum absolute atomic E-state index is 9.22. The molecule has 5 heteroatoms. The zero-order valence-corrected chi connectivity index (χ0v) is 31.2. The van der Waals surface area contributed by atoms with Gasteiger partial charge in [0, 0.05) is 43.8 Å². The second-order valence-corrected chi connectivity index (χ2v) is 14.1. The monoisotopic (exact) mass is 780 g/mol. The summed E-state index contributed by atoms with van der Waals surface area (Å²) in [6.45, 7) is 0. The number of furan rings is 1. The van der Waals surface area contributed by atoms with Crippen molar-refractivity contribution in [2.24, 2.45) is 0 Å². The number of rotatable bonds is 6. The van der Waals surface area contributed by atoms with Crippen molar-refractivity contribution in [3.63, 3.8) is 0 Å². The lowest BCUT2D eigenvalue weighted by molar-refractivity contribution is 0.670. The molecule has 0 amide bonds. The Morgan fingerprint density at radius 1 is 0.383 bits per heavy atom. The van der Waals surface area contributed by atoms with Crippen LogP contribution in [0.5, 0.6) is 0 Å². The molecule has 0 aliphatic carbocycles. The molecule has 3 heterocycles. The Labute approximate surface area is 365 Å². The third-order valence-corrected chi connectivity index (χ3v) is 10.7. The lowest BCUT2D eigenvalue weighted by Crippen LogP contribution is -2.04. The van der Waals surface area contributed by atoms with Crippen LogP contribution in [0.15, 0.2) is 210 Å². The predicted octanol–water partition coefficient (Wildman–Crippen LogP) is 14.4. The van der Waals surface area contributed by atoms with Crippen LogP contribution >= 0.6 is 0 Å². The SMILES string of the molecule is [2H]c1cc([2H])c2c(c1[2H])c1c([2H])c([2H])c([2H])c([2H])c1n2-c1ccccc1-c1nc(-c2cccc(-c3c([2H])c([2H])c([2H])c4c3oc3c([2H])c([2H])c([2H])c([2H])c34)c2)nc(-c2cccc3c(-c4ccccc4)cccc23)n1. The van der Waals surface area contributed by atoms with E-state index >= 15 is 0 Å². The first-order chi connectivity index (χ1) is 35.6. The first-order valence-corrected chi connectivity index (χ1v) is 19.0. The molecule has 0 aliphatic rings. The van der Waals surface area contributed by atoms with E-state index in [0.29, 0.717) is 27.9 Å². The number of para-hydroxylation sites is 5. The fourth-order valence-electron chi connectivity index (χ4n) is 8.03. The zero-order valence-electron chi connectivity index (χ0n) is 45.2. The van der Waals surface area contributed by atoms with Crippen LogP contribution in [0.3, 0.4) is 0 Å². The molecular formula is C55H34N4O. The van der Waals surface area contributed by atoms with Crippen molar-refractivity contribution in [1.82, 2.24) is 19.5 Å². The normalized spacial score (nSPS) is 14.9. The molecule has 0 N–H and O–H groups in total. The van der Waals surface area contributed by atoms with E-state index in [1.54, 1.807) is 48.5 Å². The van der Waals surface area contributed by atoms with Crippen LogP contribution < -0.4 is 0 Å². The molecule has 0 unspecified atom stereocenters. The second-order valence-electron chi connectivity index (χ2n) is 14.1. The third-order valence-electron chi connectivity index (χ3n) is 10.7. The van der Waals surface area contributed by atoms with Crippen molar-refractivity contribution >= 4 is 54.5 Å². The maximum atomic E-state index is 9.22. The van der Waals surface area contributed by atoms with Gasteiger partial charge in [-0.2, -0.15) is 0 Å². The van der Waals surface area contributed by atoms with E-state index in [0.717, 1.165) is 21.9 Å². The molecule has 0 saturated carbocycles. The molecule has 0 aliphatic heterocycles. The summed E-state index contributed by atoms with van der Waals surface area (Å²) in [6.07, 6.45) is 0. The molecular weight excluding hydrogens is 733 g/mol. The molecule has 5 nitrogen and oxygen atoms in total. The molecule has 0 spiro atoms. The molecule has 9 aromatic carbocycles. The first kappa shape index (κ1) is 22.7. The topological polar surface area (TPSA) is 56.7 Å². The van der Waals surface area contributed by atoms with E-state index in [1.165, 1.54) is 10.6 Å². The van der Waals surface area contributed by atoms with Crippen LogP contribution in [0.4, 0.5) is 0 Å². The Balaban J connectivity index is 1.15. The van der Waals surface area contributed by atoms with Crippen molar-refractivity contribution in [2.45, 2.75) is 0 Å². The summed E-state index contributed by atoms with van der Waals surface area (Å²) in [4.78, 5) is 15.4. The second kappa shape index (κ2) is 13.8. The van der Waals surface area contributed by atoms with Gasteiger partial charge >= 0.3 is 0 Å². The van der Waals surface area contributed by atoms with Crippen LogP contribution in [0.1, 0.15) is 19.2 Å². The first-order valence-electron chi connectivity index (χ1n) is 26.0. The Morgan fingerprint density at radius 2 is 1.00 bits per heavy atom. The van der Waals surface area contributed by atoms with Crippen molar-refractivity contribution in [3.8, 4) is 62.1 Å². The van der Waals surface area contributed by atoms with Crippen LogP contribution in [0, 0.1) is 0 Å². The van der Waals surface area contributed by atoms with Gasteiger partial charge in [-0.3, -0.25) is 0 Å². The number of hydrogen-bond donors (Lipinski definition) is 0. The minimum absolute atomic E-state index is 0.0119. The molecule has 0 atom stereocenters. The van der Waals surface area contributed by atoms with E-state index in [-0.39, 0.29) is 91.0 Å². The quantitative estimate of drug-likeness (QED) is 0.169. The molecule has 0 fully saturated rings. The van der Waals surface area contributed by atoms with Gasteiger partial charge in [0.15, 0.2) is 17.5 Å². The lowest BCUT2D eigenvalue weighted by atomic mass is 9.95. The largest absolute Gasteiger partial charge is 0.455 e. The van der Waals surface area contributed by atoms with Crippen LogP contribution in [-0.2, 0) is 0 Å². The summed E-state index contributed by atoms with van der Waals surface area (Å²) < 4.78 is 131. The lowest BCUT2D eigenvalue weighted by Gasteiger charge is -2.15. The van der Waals surface area contributed by atoms with Gasteiger partial charge in [-0.25, -0.2) is 15.0 Å². The van der Waals surface area contributed by atoms with Gasteiger partial charge in [0.25, 0.3) is 0 Å². The standard InChI is InChI=1S/C55H34N4O/c1-2-16-35(17-3-1)38-24-13-27-41-40(38)26-15-29-46(41)54-56-53(37-19-12-18-36(34-37)39-25-14-28-45-44-22-7-11-33-51(44)60-52(39)45)57-55(58-54)47-23-6-10-32-50(47)59-48-30-8-4-20-42(48)43-21-5-9-31-49(43)59/h1-34H/i4D,5D,7D,8D,11D,14D,20D,21D,22D,25D,28D,30D,31D,33D. The summed E-state index contributed by atoms with van der Waals surface area (Å²) in [5, 5.41) is 1.60. The highest BCUT2D eigenvalue weighted by atomic mass is 16.3. The van der Waals surface area contributed by atoms with Crippen molar-refractivity contribution in [2.75, 3.05) is 0 Å². The summed E-state index contributed by atoms with van der Waals surface area (Å²) in [6, 6.07) is 30.6. The summed E-state index contributed by atoms with van der Waals surface area (Å²) in [7, 11) is 0. The highest BCUT2D eigenvalue weighted by molar-refractivity contribution is 6.11. The minimum Gasteiger partial charge on any atom is -0.455 e. The number of benzene rings is 9. The third kappa shape index (κ3) is 5.44. The predicted molar refractivity (Wildman–Crippen MR) is 246 cm³/mol. The Bertz CT molecular complexity index is 4440. The average molecular weight is 781 g/mol. The van der Waals surface area contributed by atoms with Gasteiger partial charge in [0.2, 0.25) is 0 Å². The summed E-state index contributed by atoms with van der Waals surface area (Å²) >= 11 is 0. The summed E-state index contributed by atoms with van der Waals surface area (Å²) in [5.74, 6) is 0.462. The molecule has 0 bridgehead atoms. The van der Waals surface area contributed by atoms with Crippen molar-refractivity contribution in [1.29, 1.82) is 0 Å². The van der Waals surface area contributed by atoms with Gasteiger partial charge in [0.1, 0.15) is 11.2 Å². The molecule has 280 valence electrons. The number of fused-ring (bicyclic) bond motifs is 7. The van der Waals surface area contributed by atoms with E-state index in [1.807, 2.05) is 66.7 Å². The average Bonchev–Trinajstić information content (AvgIpc) is 4.00. The van der Waals surface area contributed by atoms with Gasteiger partial charge in [-0.05, 0) is 63.8 Å². The van der Waals surface area contributed by atoms with Crippen LogP contribution in [0.2, 0.25) is 0 Å². The molecule has 12 rings (SSSR count). The van der Waals surface area contributed by atoms with Crippen molar-refractivity contribution in [3.05, 3.63) is 206 Å². The van der Waals surface area contributed by atoms with Gasteiger partial charge in [-0.1, -0.05) is 170 Å². The van der Waals surface area contributed by atoms with E-state index in [4.69, 9.17) is 34.4 Å².